The van der Waals surface area contributed by atoms with Crippen LogP contribution in [0.15, 0.2) is 52.4 Å². The topological polar surface area (TPSA) is 83.1 Å². The van der Waals surface area contributed by atoms with Crippen LogP contribution in [0, 0.1) is 0 Å². The second kappa shape index (κ2) is 13.7. The molecule has 0 radical (unpaired) electrons. The molecule has 2 atom stereocenters. The second-order valence-electron chi connectivity index (χ2n) is 9.03. The van der Waals surface area contributed by atoms with Crippen LogP contribution in [-0.4, -0.2) is 55.4 Å². The smallest absolute Gasteiger partial charge is 0.227 e. The highest BCUT2D eigenvalue weighted by Gasteiger charge is 2.34. The van der Waals surface area contributed by atoms with Crippen molar-refractivity contribution < 1.29 is 19.4 Å². The lowest BCUT2D eigenvalue weighted by atomic mass is 10.1. The van der Waals surface area contributed by atoms with Crippen LogP contribution in [0.1, 0.15) is 51.0 Å². The number of hydrogen-bond donors (Lipinski definition) is 3. The molecule has 192 valence electrons. The average Bonchev–Trinajstić information content (AvgIpc) is 3.22. The van der Waals surface area contributed by atoms with Gasteiger partial charge in [0, 0.05) is 23.8 Å². The van der Waals surface area contributed by atoms with Crippen LogP contribution in [-0.2, 0) is 16.0 Å². The number of benzene rings is 1. The highest BCUT2D eigenvalue weighted by atomic mass is 79.9. The first kappa shape index (κ1) is 27.3. The van der Waals surface area contributed by atoms with Crippen molar-refractivity contribution in [2.45, 2.75) is 64.0 Å². The Balaban J connectivity index is 1.73. The van der Waals surface area contributed by atoms with E-state index in [4.69, 9.17) is 9.47 Å². The van der Waals surface area contributed by atoms with E-state index in [0.717, 1.165) is 59.4 Å². The molecule has 1 saturated heterocycles. The van der Waals surface area contributed by atoms with Gasteiger partial charge in [0.25, 0.3) is 0 Å². The molecule has 0 spiro atoms. The van der Waals surface area contributed by atoms with Crippen molar-refractivity contribution in [1.82, 2.24) is 10.2 Å². The molecule has 1 aliphatic carbocycles. The van der Waals surface area contributed by atoms with E-state index in [9.17, 15) is 9.90 Å². The molecular formula is C27H38BrN3O4. The minimum Gasteiger partial charge on any atom is -0.495 e. The van der Waals surface area contributed by atoms with Gasteiger partial charge < -0.3 is 30.1 Å². The Morgan fingerprint density at radius 1 is 1.31 bits per heavy atom. The normalized spacial score (nSPS) is 20.4. The Hall–Kier alpha value is -2.29. The third-order valence-corrected chi connectivity index (χ3v) is 7.07. The van der Waals surface area contributed by atoms with E-state index in [1.165, 1.54) is 0 Å². The summed E-state index contributed by atoms with van der Waals surface area (Å²) in [6.45, 7) is 2.96. The number of rotatable bonds is 12. The van der Waals surface area contributed by atoms with Crippen molar-refractivity contribution in [1.29, 1.82) is 0 Å². The van der Waals surface area contributed by atoms with Crippen LogP contribution >= 0.6 is 15.9 Å². The molecule has 3 N–H and O–H groups in total. The summed E-state index contributed by atoms with van der Waals surface area (Å²) in [5, 5.41) is 17.0. The molecule has 1 amide bonds. The number of carbonyl (C=O) groups excluding carboxylic acids is 1. The van der Waals surface area contributed by atoms with Gasteiger partial charge in [-0.15, -0.1) is 0 Å². The molecule has 0 bridgehead atoms. The predicted octanol–water partition coefficient (Wildman–Crippen LogP) is 4.84. The zero-order valence-corrected chi connectivity index (χ0v) is 22.6. The van der Waals surface area contributed by atoms with E-state index >= 15 is 0 Å². The highest BCUT2D eigenvalue weighted by Crippen LogP contribution is 2.29. The summed E-state index contributed by atoms with van der Waals surface area (Å²) in [7, 11) is 3.25. The van der Waals surface area contributed by atoms with Gasteiger partial charge in [-0.25, -0.2) is 0 Å². The minimum absolute atomic E-state index is 0.0194. The third kappa shape index (κ3) is 7.85. The molecule has 1 aromatic rings. The number of amides is 1. The number of hydrogen-bond acceptors (Lipinski definition) is 6. The summed E-state index contributed by atoms with van der Waals surface area (Å²) in [6, 6.07) is 5.70. The summed E-state index contributed by atoms with van der Waals surface area (Å²) >= 11 is 3.68. The maximum Gasteiger partial charge on any atom is 0.227 e. The van der Waals surface area contributed by atoms with Crippen LogP contribution < -0.4 is 15.4 Å². The fourth-order valence-corrected chi connectivity index (χ4v) is 4.85. The standard InChI is InChI=1S/C27H38BrN3O4/c1-4-5-6-11-26(29-23-10-8-7-9-22(23)28)30-24-13-12-19(14-25(24)35-3)15-27(33)31-17-21(32)16-20(31)18-34-2/h8,10-14,20-21,29-30,32H,4-7,9,15-18H2,1-3H3/b26-11-. The van der Waals surface area contributed by atoms with E-state index < -0.39 is 6.10 Å². The molecule has 1 heterocycles. The number of aliphatic hydroxyl groups excluding tert-OH is 1. The number of nitrogens with zero attached hydrogens (tertiary/aromatic N) is 1. The zero-order valence-electron chi connectivity index (χ0n) is 21.0. The Labute approximate surface area is 217 Å². The number of carbonyl (C=O) groups is 1. The van der Waals surface area contributed by atoms with Gasteiger partial charge in [-0.05, 0) is 62.0 Å². The zero-order chi connectivity index (χ0) is 25.2. The van der Waals surface area contributed by atoms with Crippen LogP contribution in [0.3, 0.4) is 0 Å². The number of nitrogens with one attached hydrogen (secondary N) is 2. The Bertz CT molecular complexity index is 960. The third-order valence-electron chi connectivity index (χ3n) is 6.25. The quantitative estimate of drug-likeness (QED) is 0.325. The van der Waals surface area contributed by atoms with E-state index in [1.807, 2.05) is 18.2 Å². The largest absolute Gasteiger partial charge is 0.495 e. The molecule has 0 saturated carbocycles. The predicted molar refractivity (Wildman–Crippen MR) is 143 cm³/mol. The fraction of sp³-hybridized carbons (Fsp3) is 0.519. The van der Waals surface area contributed by atoms with Gasteiger partial charge in [-0.1, -0.05) is 41.4 Å². The van der Waals surface area contributed by atoms with Crippen LogP contribution in [0.2, 0.25) is 0 Å². The molecule has 1 aromatic carbocycles. The van der Waals surface area contributed by atoms with Gasteiger partial charge >= 0.3 is 0 Å². The van der Waals surface area contributed by atoms with E-state index in [2.05, 4.69) is 51.7 Å². The SMILES string of the molecule is CCCC/C=C(/NC1=C(Br)CCC=C1)Nc1ccc(CC(=O)N2CC(O)CC2COC)cc1OC. The number of unbranched alkanes of at least 4 members (excludes halogenated alkanes) is 2. The fourth-order valence-electron chi connectivity index (χ4n) is 4.39. The first-order valence-corrected chi connectivity index (χ1v) is 13.2. The molecule has 2 unspecified atom stereocenters. The van der Waals surface area contributed by atoms with E-state index in [0.29, 0.717) is 25.3 Å². The number of β-amino-alcohol motifs (C(OH)–C–C–N with tert-alkyl or cyclic N) is 1. The number of ether oxygens (including phenoxy) is 2. The van der Waals surface area contributed by atoms with Gasteiger partial charge in [-0.3, -0.25) is 4.79 Å². The summed E-state index contributed by atoms with van der Waals surface area (Å²) in [4.78, 5) is 14.7. The van der Waals surface area contributed by atoms with Crippen molar-refractivity contribution >= 4 is 27.5 Å². The first-order valence-electron chi connectivity index (χ1n) is 12.4. The number of aliphatic hydroxyl groups is 1. The molecule has 8 heteroatoms. The number of likely N-dealkylation sites (tertiary alicyclic amines) is 1. The number of allylic oxidation sites excluding steroid dienone is 4. The molecular weight excluding hydrogens is 510 g/mol. The molecule has 35 heavy (non-hydrogen) atoms. The molecule has 0 aromatic heterocycles. The maximum atomic E-state index is 13.0. The number of anilines is 1. The molecule has 1 fully saturated rings. The number of methoxy groups -OCH3 is 2. The van der Waals surface area contributed by atoms with Crippen LogP contribution in [0.5, 0.6) is 5.75 Å². The first-order chi connectivity index (χ1) is 16.9. The van der Waals surface area contributed by atoms with Gasteiger partial charge in [0.05, 0.1) is 38.0 Å². The summed E-state index contributed by atoms with van der Waals surface area (Å²) in [6.07, 6.45) is 11.9. The number of halogens is 1. The van der Waals surface area contributed by atoms with Crippen LogP contribution in [0.4, 0.5) is 5.69 Å². The molecule has 3 rings (SSSR count). The molecule has 1 aliphatic heterocycles. The second-order valence-corrected chi connectivity index (χ2v) is 9.98. The van der Waals surface area contributed by atoms with Crippen molar-refractivity contribution in [2.24, 2.45) is 0 Å². The Morgan fingerprint density at radius 3 is 2.86 bits per heavy atom. The van der Waals surface area contributed by atoms with Crippen molar-refractivity contribution in [3.63, 3.8) is 0 Å². The maximum absolute atomic E-state index is 13.0. The van der Waals surface area contributed by atoms with Gasteiger partial charge in [0.2, 0.25) is 5.91 Å². The van der Waals surface area contributed by atoms with Gasteiger partial charge in [-0.2, -0.15) is 0 Å². The summed E-state index contributed by atoms with van der Waals surface area (Å²) in [5.74, 6) is 1.54. The summed E-state index contributed by atoms with van der Waals surface area (Å²) in [5.41, 5.74) is 2.73. The van der Waals surface area contributed by atoms with E-state index in [-0.39, 0.29) is 18.4 Å². The highest BCUT2D eigenvalue weighted by molar-refractivity contribution is 9.11. The molecule has 2 aliphatic rings. The average molecular weight is 549 g/mol. The molecule has 7 nitrogen and oxygen atoms in total. The lowest BCUT2D eigenvalue weighted by molar-refractivity contribution is -0.132. The van der Waals surface area contributed by atoms with Crippen LogP contribution in [0.25, 0.3) is 0 Å². The Kier molecular flexibility index (Phi) is 10.7. The van der Waals surface area contributed by atoms with E-state index in [1.54, 1.807) is 19.1 Å². The van der Waals surface area contributed by atoms with Crippen molar-refractivity contribution in [3.8, 4) is 5.75 Å². The Morgan fingerprint density at radius 2 is 2.14 bits per heavy atom. The monoisotopic (exact) mass is 547 g/mol. The summed E-state index contributed by atoms with van der Waals surface area (Å²) < 4.78 is 12.1. The van der Waals surface area contributed by atoms with Crippen molar-refractivity contribution in [3.05, 3.63) is 58.0 Å². The van der Waals surface area contributed by atoms with Crippen molar-refractivity contribution in [2.75, 3.05) is 32.7 Å². The van der Waals surface area contributed by atoms with Gasteiger partial charge in [0.15, 0.2) is 0 Å². The lowest BCUT2D eigenvalue weighted by Crippen LogP contribution is -2.39. The minimum atomic E-state index is -0.500. The van der Waals surface area contributed by atoms with Gasteiger partial charge in [0.1, 0.15) is 11.6 Å². The lowest BCUT2D eigenvalue weighted by Gasteiger charge is -2.24.